The quantitative estimate of drug-likeness (QED) is 0.638. The van der Waals surface area contributed by atoms with E-state index in [9.17, 15) is 9.59 Å². The maximum atomic E-state index is 12.3. The van der Waals surface area contributed by atoms with Gasteiger partial charge in [-0.05, 0) is 47.9 Å². The molecule has 0 spiro atoms. The number of fused-ring (bicyclic) bond motifs is 1. The first-order chi connectivity index (χ1) is 12.9. The number of carbonyl (C=O) groups is 2. The Morgan fingerprint density at radius 2 is 1.67 bits per heavy atom. The summed E-state index contributed by atoms with van der Waals surface area (Å²) in [6.07, 6.45) is 0. The molecule has 3 rings (SSSR count). The van der Waals surface area contributed by atoms with Gasteiger partial charge in [-0.1, -0.05) is 54.1 Å². The molecule has 0 saturated carbocycles. The van der Waals surface area contributed by atoms with Crippen LogP contribution in [-0.4, -0.2) is 30.4 Å². The molecule has 3 aromatic carbocycles. The van der Waals surface area contributed by atoms with E-state index >= 15 is 0 Å². The summed E-state index contributed by atoms with van der Waals surface area (Å²) in [4.78, 5) is 26.2. The summed E-state index contributed by atoms with van der Waals surface area (Å²) in [5.41, 5.74) is 3.85. The van der Waals surface area contributed by atoms with Gasteiger partial charge in [0, 0.05) is 13.6 Å². The second-order valence-corrected chi connectivity index (χ2v) is 6.82. The highest BCUT2D eigenvalue weighted by Crippen LogP contribution is 2.16. The summed E-state index contributed by atoms with van der Waals surface area (Å²) in [6, 6.07) is 19.3. The maximum absolute atomic E-state index is 12.3. The van der Waals surface area contributed by atoms with Crippen molar-refractivity contribution in [3.63, 3.8) is 0 Å². The highest BCUT2D eigenvalue weighted by molar-refractivity contribution is 5.96. The number of benzene rings is 3. The average molecular weight is 361 g/mol. The monoisotopic (exact) mass is 361 g/mol. The van der Waals surface area contributed by atoms with E-state index in [0.717, 1.165) is 21.9 Å². The fourth-order valence-corrected chi connectivity index (χ4v) is 3.00. The highest BCUT2D eigenvalue weighted by Gasteiger charge is 2.15. The van der Waals surface area contributed by atoms with Gasteiger partial charge >= 0.3 is 5.97 Å². The fourth-order valence-electron chi connectivity index (χ4n) is 3.00. The molecule has 0 N–H and O–H groups in total. The minimum Gasteiger partial charge on any atom is -0.452 e. The van der Waals surface area contributed by atoms with Crippen molar-refractivity contribution in [1.82, 2.24) is 4.90 Å². The summed E-state index contributed by atoms with van der Waals surface area (Å²) < 4.78 is 5.22. The number of amides is 1. The van der Waals surface area contributed by atoms with Crippen LogP contribution < -0.4 is 0 Å². The zero-order valence-electron chi connectivity index (χ0n) is 15.9. The van der Waals surface area contributed by atoms with Crippen LogP contribution in [0.25, 0.3) is 10.8 Å². The van der Waals surface area contributed by atoms with Crippen LogP contribution >= 0.6 is 0 Å². The van der Waals surface area contributed by atoms with Crippen LogP contribution in [0.5, 0.6) is 0 Å². The van der Waals surface area contributed by atoms with E-state index < -0.39 is 5.97 Å². The Labute approximate surface area is 159 Å². The Bertz CT molecular complexity index is 994. The van der Waals surface area contributed by atoms with E-state index in [2.05, 4.69) is 6.07 Å². The molecule has 0 aliphatic carbocycles. The zero-order valence-corrected chi connectivity index (χ0v) is 15.9. The Hall–Kier alpha value is -3.14. The Balaban J connectivity index is 1.59. The molecule has 4 heteroatoms. The number of nitrogens with zero attached hydrogens (tertiary/aromatic N) is 1. The summed E-state index contributed by atoms with van der Waals surface area (Å²) in [7, 11) is 1.71. The molecule has 0 bridgehead atoms. The van der Waals surface area contributed by atoms with Crippen molar-refractivity contribution in [2.75, 3.05) is 13.7 Å². The number of carbonyl (C=O) groups excluding carboxylic acids is 2. The highest BCUT2D eigenvalue weighted by atomic mass is 16.5. The van der Waals surface area contributed by atoms with Gasteiger partial charge in [-0.3, -0.25) is 4.79 Å². The molecule has 0 unspecified atom stereocenters. The number of aryl methyl sites for hydroxylation is 2. The van der Waals surface area contributed by atoms with Gasteiger partial charge in [0.2, 0.25) is 0 Å². The third-order valence-electron chi connectivity index (χ3n) is 4.64. The molecule has 0 aromatic heterocycles. The van der Waals surface area contributed by atoms with E-state index in [4.69, 9.17) is 4.74 Å². The van der Waals surface area contributed by atoms with Crippen LogP contribution in [0, 0.1) is 13.8 Å². The molecule has 1 amide bonds. The van der Waals surface area contributed by atoms with E-state index in [0.29, 0.717) is 12.1 Å². The fraction of sp³-hybridized carbons (Fsp3) is 0.217. The summed E-state index contributed by atoms with van der Waals surface area (Å²) in [5, 5.41) is 2.02. The third kappa shape index (κ3) is 4.53. The predicted octanol–water partition coefficient (Wildman–Crippen LogP) is 4.27. The maximum Gasteiger partial charge on any atom is 0.338 e. The van der Waals surface area contributed by atoms with Crippen LogP contribution in [0.4, 0.5) is 0 Å². The van der Waals surface area contributed by atoms with E-state index in [1.165, 1.54) is 5.56 Å². The average Bonchev–Trinajstić information content (AvgIpc) is 2.67. The lowest BCUT2D eigenvalue weighted by Gasteiger charge is -2.18. The van der Waals surface area contributed by atoms with Crippen molar-refractivity contribution in [2.24, 2.45) is 0 Å². The first kappa shape index (κ1) is 18.6. The molecule has 0 saturated heterocycles. The lowest BCUT2D eigenvalue weighted by molar-refractivity contribution is -0.133. The number of ether oxygens (including phenoxy) is 1. The van der Waals surface area contributed by atoms with Crippen LogP contribution in [-0.2, 0) is 16.1 Å². The first-order valence-corrected chi connectivity index (χ1v) is 8.90. The van der Waals surface area contributed by atoms with Gasteiger partial charge in [0.15, 0.2) is 6.61 Å². The van der Waals surface area contributed by atoms with Crippen molar-refractivity contribution in [3.8, 4) is 0 Å². The SMILES string of the molecule is Cc1ccc(CN(C)C(=O)COC(=O)c2ccc3ccccc3c2)c(C)c1. The van der Waals surface area contributed by atoms with Gasteiger partial charge in [0.25, 0.3) is 5.91 Å². The molecular weight excluding hydrogens is 338 g/mol. The number of hydrogen-bond acceptors (Lipinski definition) is 3. The van der Waals surface area contributed by atoms with Gasteiger partial charge < -0.3 is 9.64 Å². The number of hydrogen-bond donors (Lipinski definition) is 0. The smallest absolute Gasteiger partial charge is 0.338 e. The molecule has 0 aliphatic heterocycles. The molecule has 0 aliphatic rings. The van der Waals surface area contributed by atoms with Gasteiger partial charge in [-0.2, -0.15) is 0 Å². The molecule has 0 fully saturated rings. The molecule has 0 heterocycles. The van der Waals surface area contributed by atoms with Crippen molar-refractivity contribution < 1.29 is 14.3 Å². The van der Waals surface area contributed by atoms with Crippen LogP contribution in [0.15, 0.2) is 60.7 Å². The standard InChI is InChI=1S/C23H23NO3/c1-16-8-9-21(17(2)12-16)14-24(3)22(25)15-27-23(26)20-11-10-18-6-4-5-7-19(18)13-20/h4-13H,14-15H2,1-3H3. The largest absolute Gasteiger partial charge is 0.452 e. The molecule has 138 valence electrons. The van der Waals surface area contributed by atoms with E-state index in [-0.39, 0.29) is 12.5 Å². The first-order valence-electron chi connectivity index (χ1n) is 8.90. The second-order valence-electron chi connectivity index (χ2n) is 6.82. The summed E-state index contributed by atoms with van der Waals surface area (Å²) >= 11 is 0. The molecular formula is C23H23NO3. The van der Waals surface area contributed by atoms with Crippen LogP contribution in [0.2, 0.25) is 0 Å². The molecule has 4 nitrogen and oxygen atoms in total. The van der Waals surface area contributed by atoms with Gasteiger partial charge in [0.1, 0.15) is 0 Å². The Kier molecular flexibility index (Phi) is 5.55. The van der Waals surface area contributed by atoms with Gasteiger partial charge in [0.05, 0.1) is 5.56 Å². The minimum atomic E-state index is -0.492. The minimum absolute atomic E-state index is 0.232. The lowest BCUT2D eigenvalue weighted by atomic mass is 10.1. The zero-order chi connectivity index (χ0) is 19.4. The third-order valence-corrected chi connectivity index (χ3v) is 4.64. The molecule has 27 heavy (non-hydrogen) atoms. The van der Waals surface area contributed by atoms with Crippen molar-refractivity contribution >= 4 is 22.6 Å². The number of likely N-dealkylation sites (N-methyl/N-ethyl adjacent to an activating group) is 1. The van der Waals surface area contributed by atoms with Crippen molar-refractivity contribution in [1.29, 1.82) is 0 Å². The van der Waals surface area contributed by atoms with E-state index in [1.807, 2.05) is 56.3 Å². The number of rotatable bonds is 5. The summed E-state index contributed by atoms with van der Waals surface area (Å²) in [6.45, 7) is 4.28. The lowest BCUT2D eigenvalue weighted by Crippen LogP contribution is -2.31. The van der Waals surface area contributed by atoms with Crippen LogP contribution in [0.3, 0.4) is 0 Å². The topological polar surface area (TPSA) is 46.6 Å². The van der Waals surface area contributed by atoms with Gasteiger partial charge in [-0.25, -0.2) is 4.79 Å². The van der Waals surface area contributed by atoms with Crippen LogP contribution in [0.1, 0.15) is 27.0 Å². The second kappa shape index (κ2) is 8.04. The molecule has 0 radical (unpaired) electrons. The van der Waals surface area contributed by atoms with Crippen molar-refractivity contribution in [3.05, 3.63) is 82.9 Å². The molecule has 0 atom stereocenters. The number of esters is 1. The van der Waals surface area contributed by atoms with Gasteiger partial charge in [-0.15, -0.1) is 0 Å². The normalized spacial score (nSPS) is 10.6. The Morgan fingerprint density at radius 1 is 0.926 bits per heavy atom. The van der Waals surface area contributed by atoms with E-state index in [1.54, 1.807) is 24.1 Å². The predicted molar refractivity (Wildman–Crippen MR) is 107 cm³/mol. The Morgan fingerprint density at radius 3 is 2.41 bits per heavy atom. The summed E-state index contributed by atoms with van der Waals surface area (Å²) in [5.74, 6) is -0.724. The van der Waals surface area contributed by atoms with Crippen molar-refractivity contribution in [2.45, 2.75) is 20.4 Å². The molecule has 3 aromatic rings.